The van der Waals surface area contributed by atoms with Crippen LogP contribution in [0.4, 0.5) is 0 Å². The Kier molecular flexibility index (Phi) is 7.86. The first kappa shape index (κ1) is 15.7. The van der Waals surface area contributed by atoms with Crippen molar-refractivity contribution < 1.29 is 19.0 Å². The molecule has 19 heavy (non-hydrogen) atoms. The first-order chi connectivity index (χ1) is 9.24. The molecule has 0 saturated heterocycles. The minimum Gasteiger partial charge on any atom is -0.432 e. The zero-order chi connectivity index (χ0) is 13.9. The molecule has 0 bridgehead atoms. The first-order valence-electron chi connectivity index (χ1n) is 6.69. The fourth-order valence-corrected chi connectivity index (χ4v) is 1.45. The summed E-state index contributed by atoms with van der Waals surface area (Å²) in [5.74, 6) is -0.375. The largest absolute Gasteiger partial charge is 0.432 e. The Bertz CT molecular complexity index is 350. The molecule has 0 amide bonds. The topological polar surface area (TPSA) is 44.8 Å². The third-order valence-corrected chi connectivity index (χ3v) is 2.50. The summed E-state index contributed by atoms with van der Waals surface area (Å²) < 4.78 is 15.8. The predicted molar refractivity (Wildman–Crippen MR) is 73.0 cm³/mol. The Balaban J connectivity index is 2.14. The highest BCUT2D eigenvalue weighted by molar-refractivity contribution is 5.89. The van der Waals surface area contributed by atoms with Crippen molar-refractivity contribution >= 4 is 5.97 Å². The van der Waals surface area contributed by atoms with E-state index in [1.54, 1.807) is 31.2 Å². The molecule has 1 atom stereocenters. The molecule has 0 aromatic heterocycles. The Morgan fingerprint density at radius 3 is 2.58 bits per heavy atom. The summed E-state index contributed by atoms with van der Waals surface area (Å²) >= 11 is 0. The number of benzene rings is 1. The van der Waals surface area contributed by atoms with Crippen LogP contribution in [-0.2, 0) is 14.2 Å². The van der Waals surface area contributed by atoms with Crippen molar-refractivity contribution in [1.82, 2.24) is 0 Å². The van der Waals surface area contributed by atoms with E-state index in [0.717, 1.165) is 19.4 Å². The van der Waals surface area contributed by atoms with Gasteiger partial charge in [0.1, 0.15) is 0 Å². The van der Waals surface area contributed by atoms with Crippen LogP contribution in [0.15, 0.2) is 30.3 Å². The minimum absolute atomic E-state index is 0.375. The quantitative estimate of drug-likeness (QED) is 0.391. The summed E-state index contributed by atoms with van der Waals surface area (Å²) in [4.78, 5) is 11.7. The van der Waals surface area contributed by atoms with Gasteiger partial charge in [-0.15, -0.1) is 0 Å². The first-order valence-corrected chi connectivity index (χ1v) is 6.69. The van der Waals surface area contributed by atoms with Gasteiger partial charge in [0.15, 0.2) is 0 Å². The molecule has 0 N–H and O–H groups in total. The Morgan fingerprint density at radius 1 is 1.16 bits per heavy atom. The van der Waals surface area contributed by atoms with E-state index in [-0.39, 0.29) is 5.97 Å². The SMILES string of the molecule is CCCCOCCOC(C)OC(=O)c1ccccc1. The lowest BCUT2D eigenvalue weighted by molar-refractivity contribution is -0.109. The number of carbonyl (C=O) groups excluding carboxylic acids is 1. The summed E-state index contributed by atoms with van der Waals surface area (Å²) in [5.41, 5.74) is 0.525. The van der Waals surface area contributed by atoms with Gasteiger partial charge in [-0.3, -0.25) is 0 Å². The smallest absolute Gasteiger partial charge is 0.340 e. The molecule has 0 heterocycles. The second-order valence-electron chi connectivity index (χ2n) is 4.18. The molecule has 1 aromatic rings. The van der Waals surface area contributed by atoms with Crippen molar-refractivity contribution in [3.8, 4) is 0 Å². The van der Waals surface area contributed by atoms with Crippen molar-refractivity contribution in [2.45, 2.75) is 33.0 Å². The third kappa shape index (κ3) is 6.94. The molecule has 0 saturated carbocycles. The predicted octanol–water partition coefficient (Wildman–Crippen LogP) is 3.02. The molecular weight excluding hydrogens is 244 g/mol. The van der Waals surface area contributed by atoms with Crippen LogP contribution in [0.2, 0.25) is 0 Å². The van der Waals surface area contributed by atoms with Crippen LogP contribution in [0.25, 0.3) is 0 Å². The van der Waals surface area contributed by atoms with E-state index in [4.69, 9.17) is 14.2 Å². The number of rotatable bonds is 9. The fourth-order valence-electron chi connectivity index (χ4n) is 1.45. The molecule has 1 aromatic carbocycles. The van der Waals surface area contributed by atoms with Gasteiger partial charge in [0.25, 0.3) is 0 Å². The van der Waals surface area contributed by atoms with Gasteiger partial charge < -0.3 is 14.2 Å². The van der Waals surface area contributed by atoms with E-state index in [2.05, 4.69) is 6.92 Å². The highest BCUT2D eigenvalue weighted by Gasteiger charge is 2.11. The van der Waals surface area contributed by atoms with E-state index in [9.17, 15) is 4.79 Å². The van der Waals surface area contributed by atoms with E-state index in [1.165, 1.54) is 0 Å². The maximum atomic E-state index is 11.7. The van der Waals surface area contributed by atoms with E-state index >= 15 is 0 Å². The monoisotopic (exact) mass is 266 g/mol. The number of hydrogen-bond donors (Lipinski definition) is 0. The maximum Gasteiger partial charge on any atom is 0.340 e. The van der Waals surface area contributed by atoms with Crippen LogP contribution < -0.4 is 0 Å². The maximum absolute atomic E-state index is 11.7. The summed E-state index contributed by atoms with van der Waals surface area (Å²) in [6.07, 6.45) is 1.60. The molecule has 4 nitrogen and oxygen atoms in total. The molecule has 0 spiro atoms. The molecule has 0 radical (unpaired) electrons. The summed E-state index contributed by atoms with van der Waals surface area (Å²) in [6, 6.07) is 8.86. The van der Waals surface area contributed by atoms with E-state index in [0.29, 0.717) is 18.8 Å². The average molecular weight is 266 g/mol. The van der Waals surface area contributed by atoms with Gasteiger partial charge in [-0.1, -0.05) is 31.5 Å². The molecule has 106 valence electrons. The normalized spacial score (nSPS) is 12.1. The lowest BCUT2D eigenvalue weighted by Crippen LogP contribution is -2.20. The van der Waals surface area contributed by atoms with Crippen molar-refractivity contribution in [2.75, 3.05) is 19.8 Å². The molecule has 0 aliphatic carbocycles. The third-order valence-electron chi connectivity index (χ3n) is 2.50. The van der Waals surface area contributed by atoms with Crippen LogP contribution in [0.5, 0.6) is 0 Å². The van der Waals surface area contributed by atoms with E-state index in [1.807, 2.05) is 6.07 Å². The zero-order valence-electron chi connectivity index (χ0n) is 11.6. The molecule has 0 aliphatic heterocycles. The zero-order valence-corrected chi connectivity index (χ0v) is 11.6. The Morgan fingerprint density at radius 2 is 1.89 bits per heavy atom. The van der Waals surface area contributed by atoms with Gasteiger partial charge in [0, 0.05) is 6.61 Å². The van der Waals surface area contributed by atoms with Gasteiger partial charge in [-0.25, -0.2) is 4.79 Å². The van der Waals surface area contributed by atoms with E-state index < -0.39 is 6.29 Å². The lowest BCUT2D eigenvalue weighted by atomic mass is 10.2. The molecule has 4 heteroatoms. The van der Waals surface area contributed by atoms with Gasteiger partial charge in [-0.2, -0.15) is 0 Å². The fraction of sp³-hybridized carbons (Fsp3) is 0.533. The molecule has 0 fully saturated rings. The number of hydrogen-bond acceptors (Lipinski definition) is 4. The van der Waals surface area contributed by atoms with Gasteiger partial charge in [0.05, 0.1) is 18.8 Å². The molecule has 1 unspecified atom stereocenters. The van der Waals surface area contributed by atoms with Crippen LogP contribution in [0.1, 0.15) is 37.0 Å². The molecule has 1 rings (SSSR count). The van der Waals surface area contributed by atoms with Crippen LogP contribution in [0.3, 0.4) is 0 Å². The van der Waals surface area contributed by atoms with Gasteiger partial charge >= 0.3 is 5.97 Å². The summed E-state index contributed by atoms with van der Waals surface area (Å²) in [5, 5.41) is 0. The number of esters is 1. The van der Waals surface area contributed by atoms with Gasteiger partial charge in [-0.05, 0) is 25.5 Å². The van der Waals surface area contributed by atoms with Crippen molar-refractivity contribution in [2.24, 2.45) is 0 Å². The second-order valence-corrected chi connectivity index (χ2v) is 4.18. The minimum atomic E-state index is -0.567. The van der Waals surface area contributed by atoms with Gasteiger partial charge in [0.2, 0.25) is 6.29 Å². The second kappa shape index (κ2) is 9.53. The highest BCUT2D eigenvalue weighted by atomic mass is 16.7. The highest BCUT2D eigenvalue weighted by Crippen LogP contribution is 2.04. The van der Waals surface area contributed by atoms with Crippen molar-refractivity contribution in [3.05, 3.63) is 35.9 Å². The molecule has 0 aliphatic rings. The van der Waals surface area contributed by atoms with Crippen LogP contribution >= 0.6 is 0 Å². The summed E-state index contributed by atoms with van der Waals surface area (Å²) in [7, 11) is 0. The standard InChI is InChI=1S/C15H22O4/c1-3-4-10-17-11-12-18-13(2)19-15(16)14-8-6-5-7-9-14/h5-9,13H,3-4,10-12H2,1-2H3. The average Bonchev–Trinajstić information content (AvgIpc) is 2.43. The van der Waals surface area contributed by atoms with Crippen LogP contribution in [-0.4, -0.2) is 32.1 Å². The van der Waals surface area contributed by atoms with Crippen LogP contribution in [0, 0.1) is 0 Å². The molecular formula is C15H22O4. The number of carbonyl (C=O) groups is 1. The summed E-state index contributed by atoms with van der Waals surface area (Å²) in [6.45, 7) is 5.51. The lowest BCUT2D eigenvalue weighted by Gasteiger charge is -2.14. The number of ether oxygens (including phenoxy) is 3. The Hall–Kier alpha value is -1.39. The Labute approximate surface area is 114 Å². The van der Waals surface area contributed by atoms with Crippen molar-refractivity contribution in [1.29, 1.82) is 0 Å². The van der Waals surface area contributed by atoms with Crippen molar-refractivity contribution in [3.63, 3.8) is 0 Å². The number of unbranched alkanes of at least 4 members (excludes halogenated alkanes) is 1.